The van der Waals surface area contributed by atoms with Crippen molar-refractivity contribution in [3.63, 3.8) is 0 Å². The molecule has 1 aliphatic heterocycles. The lowest BCUT2D eigenvalue weighted by Crippen LogP contribution is -2.57. The van der Waals surface area contributed by atoms with Gasteiger partial charge in [0.1, 0.15) is 0 Å². The second-order valence-electron chi connectivity index (χ2n) is 4.12. The summed E-state index contributed by atoms with van der Waals surface area (Å²) in [6.45, 7) is 1.83. The van der Waals surface area contributed by atoms with Gasteiger partial charge in [0.05, 0.1) is 12.5 Å². The van der Waals surface area contributed by atoms with Gasteiger partial charge in [0.2, 0.25) is 5.91 Å². The maximum absolute atomic E-state index is 11.9. The van der Waals surface area contributed by atoms with Crippen molar-refractivity contribution in [1.29, 1.82) is 0 Å². The van der Waals surface area contributed by atoms with E-state index in [0.29, 0.717) is 12.5 Å². The van der Waals surface area contributed by atoms with Crippen molar-refractivity contribution in [2.24, 2.45) is 0 Å². The quantitative estimate of drug-likeness (QED) is 0.922. The van der Waals surface area contributed by atoms with Crippen LogP contribution in [0.4, 0.5) is 0 Å². The molecule has 0 atom stereocenters. The maximum Gasteiger partial charge on any atom is 0.227 e. The molecule has 0 aromatic heterocycles. The fraction of sp³-hybridized carbons (Fsp3) is 0.417. The molecule has 1 saturated heterocycles. The van der Waals surface area contributed by atoms with Crippen LogP contribution in [0.15, 0.2) is 28.7 Å². The third-order valence-electron chi connectivity index (χ3n) is 2.95. The topological polar surface area (TPSA) is 32.3 Å². The average Bonchev–Trinajstić information content (AvgIpc) is 2.14. The Labute approximate surface area is 116 Å². The number of likely N-dealkylation sites (N-methyl/N-ethyl adjacent to an activating group) is 1. The van der Waals surface area contributed by atoms with Crippen molar-refractivity contribution in [3.05, 3.63) is 34.3 Å². The van der Waals surface area contributed by atoms with Crippen molar-refractivity contribution in [3.8, 4) is 0 Å². The summed E-state index contributed by atoms with van der Waals surface area (Å²) in [6.07, 6.45) is 0.479. The lowest BCUT2D eigenvalue weighted by Gasteiger charge is -2.35. The molecular weight excluding hydrogens is 304 g/mol. The third kappa shape index (κ3) is 3.69. The zero-order valence-corrected chi connectivity index (χ0v) is 12.1. The van der Waals surface area contributed by atoms with Gasteiger partial charge in [0.15, 0.2) is 0 Å². The van der Waals surface area contributed by atoms with Gasteiger partial charge in [0.25, 0.3) is 0 Å². The maximum atomic E-state index is 11.9. The molecule has 0 unspecified atom stereocenters. The number of rotatable bonds is 3. The molecule has 94 valence electrons. The largest absolute Gasteiger partial charge is 0.340 e. The second-order valence-corrected chi connectivity index (χ2v) is 5.04. The molecule has 0 spiro atoms. The van der Waals surface area contributed by atoms with Crippen LogP contribution in [-0.4, -0.2) is 37.0 Å². The van der Waals surface area contributed by atoms with E-state index in [1.807, 2.05) is 36.2 Å². The van der Waals surface area contributed by atoms with E-state index in [0.717, 1.165) is 23.1 Å². The van der Waals surface area contributed by atoms with Crippen molar-refractivity contribution in [2.75, 3.05) is 20.1 Å². The molecule has 1 aliphatic rings. The van der Waals surface area contributed by atoms with Crippen LogP contribution in [0.25, 0.3) is 0 Å². The summed E-state index contributed by atoms with van der Waals surface area (Å²) < 4.78 is 1.02. The van der Waals surface area contributed by atoms with Crippen LogP contribution in [0.5, 0.6) is 0 Å². The molecule has 0 bridgehead atoms. The molecule has 2 rings (SSSR count). The molecule has 0 aliphatic carbocycles. The first-order valence-electron chi connectivity index (χ1n) is 5.37. The number of benzene rings is 1. The minimum absolute atomic E-state index is 0. The monoisotopic (exact) mass is 318 g/mol. The number of carbonyl (C=O) groups excluding carboxylic acids is 1. The Morgan fingerprint density at radius 1 is 1.53 bits per heavy atom. The summed E-state index contributed by atoms with van der Waals surface area (Å²) in [5, 5.41) is 3.17. The first-order chi connectivity index (χ1) is 7.66. The van der Waals surface area contributed by atoms with Crippen molar-refractivity contribution < 1.29 is 4.79 Å². The summed E-state index contributed by atoms with van der Waals surface area (Å²) in [5.74, 6) is 0.185. The molecule has 1 fully saturated rings. The third-order valence-corrected chi connectivity index (χ3v) is 3.44. The van der Waals surface area contributed by atoms with Gasteiger partial charge in [-0.25, -0.2) is 0 Å². The van der Waals surface area contributed by atoms with Crippen LogP contribution < -0.4 is 5.32 Å². The zero-order valence-electron chi connectivity index (χ0n) is 9.65. The number of hydrogen-bond donors (Lipinski definition) is 1. The van der Waals surface area contributed by atoms with Crippen LogP contribution in [0.3, 0.4) is 0 Å². The minimum Gasteiger partial charge on any atom is -0.340 e. The molecule has 1 amide bonds. The highest BCUT2D eigenvalue weighted by molar-refractivity contribution is 9.10. The number of carbonyl (C=O) groups is 1. The van der Waals surface area contributed by atoms with Gasteiger partial charge in [-0.3, -0.25) is 4.79 Å². The summed E-state index contributed by atoms with van der Waals surface area (Å²) in [6, 6.07) is 8.27. The van der Waals surface area contributed by atoms with Gasteiger partial charge in [-0.15, -0.1) is 12.4 Å². The first-order valence-corrected chi connectivity index (χ1v) is 6.17. The highest BCUT2D eigenvalue weighted by Gasteiger charge is 2.24. The summed E-state index contributed by atoms with van der Waals surface area (Å²) >= 11 is 3.41. The van der Waals surface area contributed by atoms with Crippen LogP contribution in [0.1, 0.15) is 5.56 Å². The SMILES string of the molecule is CN(C(=O)Cc1cccc(Br)c1)C1CNC1.Cl. The second kappa shape index (κ2) is 6.38. The summed E-state index contributed by atoms with van der Waals surface area (Å²) in [7, 11) is 1.88. The minimum atomic E-state index is 0. The molecule has 1 heterocycles. The van der Waals surface area contributed by atoms with Gasteiger partial charge in [-0.05, 0) is 17.7 Å². The van der Waals surface area contributed by atoms with E-state index in [2.05, 4.69) is 21.2 Å². The molecule has 3 nitrogen and oxygen atoms in total. The predicted molar refractivity (Wildman–Crippen MR) is 74.5 cm³/mol. The van der Waals surface area contributed by atoms with Gasteiger partial charge in [-0.2, -0.15) is 0 Å². The summed E-state index contributed by atoms with van der Waals surface area (Å²) in [5.41, 5.74) is 1.05. The molecule has 1 N–H and O–H groups in total. The van der Waals surface area contributed by atoms with Crippen LogP contribution in [0, 0.1) is 0 Å². The van der Waals surface area contributed by atoms with Gasteiger partial charge >= 0.3 is 0 Å². The molecule has 1 aromatic carbocycles. The van der Waals surface area contributed by atoms with Crippen LogP contribution in [-0.2, 0) is 11.2 Å². The Bertz CT molecular complexity index is 396. The molecule has 1 aromatic rings. The lowest BCUT2D eigenvalue weighted by molar-refractivity contribution is -0.132. The van der Waals surface area contributed by atoms with E-state index in [4.69, 9.17) is 0 Å². The fourth-order valence-electron chi connectivity index (χ4n) is 1.70. The first kappa shape index (κ1) is 14.5. The molecule has 17 heavy (non-hydrogen) atoms. The number of hydrogen-bond acceptors (Lipinski definition) is 2. The van der Waals surface area contributed by atoms with Gasteiger partial charge in [0, 0.05) is 24.6 Å². The fourth-order valence-corrected chi connectivity index (χ4v) is 2.14. The van der Waals surface area contributed by atoms with Crippen molar-refractivity contribution in [2.45, 2.75) is 12.5 Å². The molecule has 5 heteroatoms. The lowest BCUT2D eigenvalue weighted by atomic mass is 10.1. The summed E-state index contributed by atoms with van der Waals surface area (Å²) in [4.78, 5) is 13.8. The van der Waals surface area contributed by atoms with Gasteiger partial charge < -0.3 is 10.2 Å². The number of amides is 1. The van der Waals surface area contributed by atoms with Crippen LogP contribution >= 0.6 is 28.3 Å². The Hall–Kier alpha value is -0.580. The van der Waals surface area contributed by atoms with E-state index in [1.54, 1.807) is 0 Å². The molecular formula is C12H16BrClN2O. The number of nitrogens with zero attached hydrogens (tertiary/aromatic N) is 1. The van der Waals surface area contributed by atoms with Crippen molar-refractivity contribution >= 4 is 34.2 Å². The van der Waals surface area contributed by atoms with E-state index >= 15 is 0 Å². The highest BCUT2D eigenvalue weighted by atomic mass is 79.9. The van der Waals surface area contributed by atoms with E-state index in [1.165, 1.54) is 0 Å². The standard InChI is InChI=1S/C12H15BrN2O.ClH/c1-15(11-7-14-8-11)12(16)6-9-3-2-4-10(13)5-9;/h2-5,11,14H,6-8H2,1H3;1H. The van der Waals surface area contributed by atoms with E-state index in [-0.39, 0.29) is 18.3 Å². The average molecular weight is 320 g/mol. The van der Waals surface area contributed by atoms with E-state index in [9.17, 15) is 4.79 Å². The number of nitrogens with one attached hydrogen (secondary N) is 1. The molecule has 0 saturated carbocycles. The molecule has 0 radical (unpaired) electrons. The van der Waals surface area contributed by atoms with E-state index < -0.39 is 0 Å². The normalized spacial score (nSPS) is 14.7. The zero-order chi connectivity index (χ0) is 11.5. The number of halogens is 2. The Balaban J connectivity index is 0.00000144. The highest BCUT2D eigenvalue weighted by Crippen LogP contribution is 2.13. The van der Waals surface area contributed by atoms with Gasteiger partial charge in [-0.1, -0.05) is 28.1 Å². The Morgan fingerprint density at radius 2 is 2.24 bits per heavy atom. The van der Waals surface area contributed by atoms with Crippen LogP contribution in [0.2, 0.25) is 0 Å². The Morgan fingerprint density at radius 3 is 2.76 bits per heavy atom. The van der Waals surface area contributed by atoms with Crippen molar-refractivity contribution in [1.82, 2.24) is 10.2 Å². The predicted octanol–water partition coefficient (Wildman–Crippen LogP) is 1.84. The Kier molecular flexibility index (Phi) is 5.43. The smallest absolute Gasteiger partial charge is 0.227 e.